The zero-order valence-corrected chi connectivity index (χ0v) is 11.7. The third-order valence-corrected chi connectivity index (χ3v) is 3.14. The third-order valence-electron chi connectivity index (χ3n) is 3.14. The first kappa shape index (κ1) is 13.2. The van der Waals surface area contributed by atoms with Crippen molar-refractivity contribution in [1.29, 1.82) is 0 Å². The van der Waals surface area contributed by atoms with Crippen LogP contribution in [0.5, 0.6) is 0 Å². The van der Waals surface area contributed by atoms with Gasteiger partial charge in [0.1, 0.15) is 12.4 Å². The van der Waals surface area contributed by atoms with Crippen molar-refractivity contribution in [2.45, 2.75) is 13.5 Å². The minimum absolute atomic E-state index is 0.111. The quantitative estimate of drug-likeness (QED) is 0.786. The number of anilines is 1. The molecule has 0 aliphatic carbocycles. The highest BCUT2D eigenvalue weighted by atomic mass is 16.4. The van der Waals surface area contributed by atoms with Gasteiger partial charge in [-0.2, -0.15) is 5.10 Å². The van der Waals surface area contributed by atoms with Gasteiger partial charge in [-0.1, -0.05) is 12.1 Å². The molecule has 2 heterocycles. The van der Waals surface area contributed by atoms with Crippen molar-refractivity contribution < 1.29 is 9.21 Å². The molecular formula is C14H14N4O3. The van der Waals surface area contributed by atoms with Gasteiger partial charge in [0, 0.05) is 13.1 Å². The molecule has 1 N–H and O–H groups in total. The molecule has 7 heteroatoms. The number of oxazole rings is 1. The molecule has 1 amide bonds. The molecule has 3 rings (SSSR count). The number of hydrogen-bond acceptors (Lipinski definition) is 4. The molecule has 0 fully saturated rings. The van der Waals surface area contributed by atoms with Gasteiger partial charge < -0.3 is 9.73 Å². The molecule has 7 nitrogen and oxygen atoms in total. The Labute approximate surface area is 119 Å². The molecule has 2 aromatic heterocycles. The second kappa shape index (κ2) is 4.93. The van der Waals surface area contributed by atoms with Crippen molar-refractivity contribution in [3.8, 4) is 0 Å². The smallest absolute Gasteiger partial charge is 0.408 e. The number of carbonyl (C=O) groups excluding carboxylic acids is 1. The van der Waals surface area contributed by atoms with Crippen LogP contribution in [-0.2, 0) is 18.4 Å². The van der Waals surface area contributed by atoms with Crippen molar-refractivity contribution in [3.05, 3.63) is 46.6 Å². The predicted octanol–water partition coefficient (Wildman–Crippen LogP) is 1.28. The highest BCUT2D eigenvalue weighted by Crippen LogP contribution is 2.12. The highest BCUT2D eigenvalue weighted by Gasteiger charge is 2.13. The standard InChI is InChI=1S/C14H14N4O3/c1-9-7-12(17(2)16-9)15-13(19)8-18-10-5-3-4-6-11(10)21-14(18)20/h3-7H,8H2,1-2H3,(H,15,19). The van der Waals surface area contributed by atoms with Crippen LogP contribution >= 0.6 is 0 Å². The SMILES string of the molecule is Cc1cc(NC(=O)Cn2c(=O)oc3ccccc32)n(C)n1. The van der Waals surface area contributed by atoms with Gasteiger partial charge in [-0.15, -0.1) is 0 Å². The van der Waals surface area contributed by atoms with E-state index in [-0.39, 0.29) is 12.5 Å². The van der Waals surface area contributed by atoms with E-state index in [1.165, 1.54) is 4.57 Å². The zero-order chi connectivity index (χ0) is 15.0. The molecule has 0 bridgehead atoms. The average Bonchev–Trinajstić information content (AvgIpc) is 2.90. The van der Waals surface area contributed by atoms with Crippen molar-refractivity contribution in [2.75, 3.05) is 5.32 Å². The van der Waals surface area contributed by atoms with E-state index in [1.54, 1.807) is 42.1 Å². The van der Waals surface area contributed by atoms with Gasteiger partial charge in [0.25, 0.3) is 0 Å². The predicted molar refractivity (Wildman–Crippen MR) is 77.0 cm³/mol. The van der Waals surface area contributed by atoms with Crippen LogP contribution in [0.15, 0.2) is 39.5 Å². The molecule has 0 aliphatic heterocycles. The first-order valence-electron chi connectivity index (χ1n) is 6.43. The van der Waals surface area contributed by atoms with Crippen molar-refractivity contribution in [3.63, 3.8) is 0 Å². The number of nitrogens with zero attached hydrogens (tertiary/aromatic N) is 3. The largest absolute Gasteiger partial charge is 0.420 e. The van der Waals surface area contributed by atoms with E-state index in [2.05, 4.69) is 10.4 Å². The number of nitrogens with one attached hydrogen (secondary N) is 1. The van der Waals surface area contributed by atoms with Gasteiger partial charge >= 0.3 is 5.76 Å². The van der Waals surface area contributed by atoms with Crippen LogP contribution in [0, 0.1) is 6.92 Å². The number of carbonyl (C=O) groups is 1. The molecule has 1 aromatic carbocycles. The Morgan fingerprint density at radius 1 is 1.38 bits per heavy atom. The van der Waals surface area contributed by atoms with Crippen LogP contribution in [0.2, 0.25) is 0 Å². The summed E-state index contributed by atoms with van der Waals surface area (Å²) in [6.45, 7) is 1.73. The van der Waals surface area contributed by atoms with Crippen LogP contribution in [0.25, 0.3) is 11.1 Å². The van der Waals surface area contributed by atoms with Crippen LogP contribution in [-0.4, -0.2) is 20.3 Å². The number of aryl methyl sites for hydroxylation is 2. The van der Waals surface area contributed by atoms with Gasteiger partial charge in [0.05, 0.1) is 11.2 Å². The van der Waals surface area contributed by atoms with Gasteiger partial charge in [-0.05, 0) is 19.1 Å². The van der Waals surface area contributed by atoms with Crippen LogP contribution < -0.4 is 11.1 Å². The Kier molecular flexibility index (Phi) is 3.09. The van der Waals surface area contributed by atoms with E-state index >= 15 is 0 Å². The molecule has 0 unspecified atom stereocenters. The van der Waals surface area contributed by atoms with Crippen LogP contribution in [0.3, 0.4) is 0 Å². The summed E-state index contributed by atoms with van der Waals surface area (Å²) in [5.74, 6) is -0.280. The fourth-order valence-electron chi connectivity index (χ4n) is 2.22. The topological polar surface area (TPSA) is 82.1 Å². The summed E-state index contributed by atoms with van der Waals surface area (Å²) in [5, 5.41) is 6.86. The highest BCUT2D eigenvalue weighted by molar-refractivity contribution is 5.90. The molecule has 0 aliphatic rings. The lowest BCUT2D eigenvalue weighted by atomic mass is 10.3. The Balaban J connectivity index is 1.85. The summed E-state index contributed by atoms with van der Waals surface area (Å²) in [4.78, 5) is 23.9. The molecule has 0 spiro atoms. The average molecular weight is 286 g/mol. The Hall–Kier alpha value is -2.83. The van der Waals surface area contributed by atoms with E-state index in [9.17, 15) is 9.59 Å². The van der Waals surface area contributed by atoms with E-state index in [4.69, 9.17) is 4.42 Å². The Morgan fingerprint density at radius 3 is 2.86 bits per heavy atom. The van der Waals surface area contributed by atoms with E-state index in [0.29, 0.717) is 16.9 Å². The normalized spacial score (nSPS) is 11.0. The minimum atomic E-state index is -0.549. The maximum Gasteiger partial charge on any atom is 0.420 e. The van der Waals surface area contributed by atoms with Crippen LogP contribution in [0.1, 0.15) is 5.69 Å². The molecular weight excluding hydrogens is 272 g/mol. The van der Waals surface area contributed by atoms with Crippen molar-refractivity contribution in [2.24, 2.45) is 7.05 Å². The molecule has 0 atom stereocenters. The summed E-state index contributed by atoms with van der Waals surface area (Å²) in [5.41, 5.74) is 1.87. The van der Waals surface area contributed by atoms with E-state index in [0.717, 1.165) is 5.69 Å². The molecule has 0 radical (unpaired) electrons. The fraction of sp³-hybridized carbons (Fsp3) is 0.214. The first-order chi connectivity index (χ1) is 10.0. The van der Waals surface area contributed by atoms with E-state index < -0.39 is 5.76 Å². The third kappa shape index (κ3) is 2.45. The van der Waals surface area contributed by atoms with Crippen molar-refractivity contribution in [1.82, 2.24) is 14.3 Å². The summed E-state index contributed by atoms with van der Waals surface area (Å²) < 4.78 is 7.96. The number of benzene rings is 1. The second-order valence-electron chi connectivity index (χ2n) is 4.76. The maximum atomic E-state index is 12.1. The second-order valence-corrected chi connectivity index (χ2v) is 4.76. The lowest BCUT2D eigenvalue weighted by molar-refractivity contribution is -0.116. The lowest BCUT2D eigenvalue weighted by Gasteiger charge is -2.05. The summed E-state index contributed by atoms with van der Waals surface area (Å²) in [6, 6.07) is 8.75. The van der Waals surface area contributed by atoms with Gasteiger partial charge in [0.2, 0.25) is 5.91 Å². The fourth-order valence-corrected chi connectivity index (χ4v) is 2.22. The van der Waals surface area contributed by atoms with Gasteiger partial charge in [-0.25, -0.2) is 4.79 Å². The van der Waals surface area contributed by atoms with Gasteiger partial charge in [-0.3, -0.25) is 14.0 Å². The summed E-state index contributed by atoms with van der Waals surface area (Å²) >= 11 is 0. The monoisotopic (exact) mass is 286 g/mol. The Bertz CT molecular complexity index is 872. The number of amides is 1. The summed E-state index contributed by atoms with van der Waals surface area (Å²) in [6.07, 6.45) is 0. The van der Waals surface area contributed by atoms with Gasteiger partial charge in [0.15, 0.2) is 5.58 Å². The number of aromatic nitrogens is 3. The molecule has 108 valence electrons. The molecule has 3 aromatic rings. The Morgan fingerprint density at radius 2 is 2.14 bits per heavy atom. The zero-order valence-electron chi connectivity index (χ0n) is 11.7. The first-order valence-corrected chi connectivity index (χ1v) is 6.43. The number of para-hydroxylation sites is 2. The number of hydrogen-bond donors (Lipinski definition) is 1. The lowest BCUT2D eigenvalue weighted by Crippen LogP contribution is -2.25. The molecule has 0 saturated carbocycles. The summed E-state index contributed by atoms with van der Waals surface area (Å²) in [7, 11) is 1.74. The van der Waals surface area contributed by atoms with Crippen molar-refractivity contribution >= 4 is 22.8 Å². The molecule has 0 saturated heterocycles. The number of fused-ring (bicyclic) bond motifs is 1. The van der Waals surface area contributed by atoms with Crippen LogP contribution in [0.4, 0.5) is 5.82 Å². The van der Waals surface area contributed by atoms with E-state index in [1.807, 2.05) is 6.92 Å². The molecule has 21 heavy (non-hydrogen) atoms. The minimum Gasteiger partial charge on any atom is -0.408 e. The number of rotatable bonds is 3. The maximum absolute atomic E-state index is 12.1.